The zero-order chi connectivity index (χ0) is 13.7. The lowest BCUT2D eigenvalue weighted by molar-refractivity contribution is -0.295. The molecule has 3 heteroatoms. The van der Waals surface area contributed by atoms with Crippen molar-refractivity contribution >= 4 is 0 Å². The summed E-state index contributed by atoms with van der Waals surface area (Å²) < 4.78 is 5.20. The molecule has 0 spiro atoms. The average Bonchev–Trinajstić information content (AvgIpc) is 2.40. The number of rotatable bonds is 5. The van der Waals surface area contributed by atoms with Crippen molar-refractivity contribution in [1.29, 1.82) is 0 Å². The number of benzene rings is 1. The third-order valence-corrected chi connectivity index (χ3v) is 3.81. The van der Waals surface area contributed by atoms with Gasteiger partial charge >= 0.3 is 5.97 Å². The van der Waals surface area contributed by atoms with Crippen LogP contribution in [0, 0.1) is 0 Å². The van der Waals surface area contributed by atoms with Crippen LogP contribution in [0.2, 0.25) is 0 Å². The highest BCUT2D eigenvalue weighted by molar-refractivity contribution is 5.29. The lowest BCUT2D eigenvalue weighted by Gasteiger charge is -2.24. The summed E-state index contributed by atoms with van der Waals surface area (Å²) in [6.07, 6.45) is 7.38. The highest BCUT2D eigenvalue weighted by Gasteiger charge is 2.24. The van der Waals surface area contributed by atoms with Gasteiger partial charge in [0.05, 0.1) is 0 Å². The van der Waals surface area contributed by atoms with Gasteiger partial charge in [-0.1, -0.05) is 38.3 Å². The number of ether oxygens (including phenoxy) is 1. The van der Waals surface area contributed by atoms with Gasteiger partial charge in [0.15, 0.2) is 0 Å². The topological polar surface area (TPSA) is 49.7 Å². The fourth-order valence-corrected chi connectivity index (χ4v) is 2.81. The van der Waals surface area contributed by atoms with Gasteiger partial charge in [0.2, 0.25) is 0 Å². The molecule has 106 valence electrons. The fourth-order valence-electron chi connectivity index (χ4n) is 2.81. The van der Waals surface area contributed by atoms with Crippen molar-refractivity contribution in [2.24, 2.45) is 0 Å². The van der Waals surface area contributed by atoms with Crippen molar-refractivity contribution in [1.82, 2.24) is 0 Å². The Morgan fingerprint density at radius 2 is 1.74 bits per heavy atom. The van der Waals surface area contributed by atoms with Crippen molar-refractivity contribution in [3.05, 3.63) is 29.8 Å². The Morgan fingerprint density at radius 1 is 1.11 bits per heavy atom. The maximum Gasteiger partial charge on any atom is 0.321 e. The molecular weight excluding hydrogens is 240 g/mol. The second-order valence-corrected chi connectivity index (χ2v) is 5.50. The third-order valence-electron chi connectivity index (χ3n) is 3.81. The van der Waals surface area contributed by atoms with E-state index in [9.17, 15) is 10.2 Å². The average molecular weight is 264 g/mol. The minimum absolute atomic E-state index is 0.206. The molecule has 1 fully saturated rings. The molecule has 3 nitrogen and oxygen atoms in total. The molecule has 0 atom stereocenters. The van der Waals surface area contributed by atoms with Crippen molar-refractivity contribution in [3.63, 3.8) is 0 Å². The van der Waals surface area contributed by atoms with Crippen LogP contribution in [-0.4, -0.2) is 16.2 Å². The lowest BCUT2D eigenvalue weighted by Crippen LogP contribution is -2.35. The van der Waals surface area contributed by atoms with Crippen LogP contribution in [-0.2, 0) is 0 Å². The molecular formula is C16H24O3. The Morgan fingerprint density at radius 3 is 2.32 bits per heavy atom. The predicted octanol–water partition coefficient (Wildman–Crippen LogP) is 3.55. The molecule has 1 aliphatic carbocycles. The van der Waals surface area contributed by atoms with Gasteiger partial charge in [-0.3, -0.25) is 0 Å². The zero-order valence-electron chi connectivity index (χ0n) is 11.6. The van der Waals surface area contributed by atoms with Gasteiger partial charge in [-0.15, -0.1) is 0 Å². The van der Waals surface area contributed by atoms with Crippen LogP contribution in [0.5, 0.6) is 5.75 Å². The normalized spacial score (nSPS) is 17.4. The predicted molar refractivity (Wildman–Crippen MR) is 75.0 cm³/mol. The van der Waals surface area contributed by atoms with Crippen molar-refractivity contribution in [2.45, 2.75) is 63.8 Å². The van der Waals surface area contributed by atoms with Crippen LogP contribution >= 0.6 is 0 Å². The molecule has 0 saturated heterocycles. The van der Waals surface area contributed by atoms with Gasteiger partial charge in [0.1, 0.15) is 5.75 Å². The van der Waals surface area contributed by atoms with E-state index in [-0.39, 0.29) is 6.42 Å². The molecule has 0 bridgehead atoms. The van der Waals surface area contributed by atoms with E-state index in [2.05, 4.69) is 0 Å². The SMILES string of the molecule is CCCC(O)(O)Oc1ccc(C2CCCCC2)cc1. The van der Waals surface area contributed by atoms with Gasteiger partial charge in [0.25, 0.3) is 0 Å². The largest absolute Gasteiger partial charge is 0.439 e. The second kappa shape index (κ2) is 6.40. The number of aliphatic hydroxyl groups is 2. The van der Waals surface area contributed by atoms with Gasteiger partial charge in [-0.25, -0.2) is 0 Å². The molecule has 0 aliphatic heterocycles. The smallest absolute Gasteiger partial charge is 0.321 e. The van der Waals surface area contributed by atoms with E-state index in [0.717, 1.165) is 0 Å². The summed E-state index contributed by atoms with van der Waals surface area (Å²) in [4.78, 5) is 0. The van der Waals surface area contributed by atoms with Crippen LogP contribution in [0.1, 0.15) is 63.4 Å². The maximum absolute atomic E-state index is 9.62. The van der Waals surface area contributed by atoms with Gasteiger partial charge in [-0.05, 0) is 42.9 Å². The summed E-state index contributed by atoms with van der Waals surface area (Å²) in [6, 6.07) is 7.77. The first-order valence-corrected chi connectivity index (χ1v) is 7.34. The zero-order valence-corrected chi connectivity index (χ0v) is 11.6. The second-order valence-electron chi connectivity index (χ2n) is 5.50. The summed E-state index contributed by atoms with van der Waals surface area (Å²) in [5.41, 5.74) is 1.34. The lowest BCUT2D eigenvalue weighted by atomic mass is 9.84. The Bertz CT molecular complexity index is 377. The van der Waals surface area contributed by atoms with E-state index < -0.39 is 5.97 Å². The monoisotopic (exact) mass is 264 g/mol. The first-order valence-electron chi connectivity index (χ1n) is 7.34. The molecule has 2 N–H and O–H groups in total. The van der Waals surface area contributed by atoms with Crippen molar-refractivity contribution in [2.75, 3.05) is 0 Å². The Labute approximate surface area is 115 Å². The number of hydrogen-bond acceptors (Lipinski definition) is 3. The van der Waals surface area contributed by atoms with Crippen LogP contribution < -0.4 is 4.74 Å². The third kappa shape index (κ3) is 4.22. The minimum Gasteiger partial charge on any atom is -0.439 e. The molecule has 0 radical (unpaired) electrons. The molecule has 0 heterocycles. The molecule has 1 aliphatic rings. The van der Waals surface area contributed by atoms with Gasteiger partial charge < -0.3 is 14.9 Å². The molecule has 0 unspecified atom stereocenters. The molecule has 0 amide bonds. The number of hydrogen-bond donors (Lipinski definition) is 2. The summed E-state index contributed by atoms with van der Waals surface area (Å²) >= 11 is 0. The highest BCUT2D eigenvalue weighted by atomic mass is 16.8. The highest BCUT2D eigenvalue weighted by Crippen LogP contribution is 2.33. The molecule has 1 saturated carbocycles. The summed E-state index contributed by atoms with van der Waals surface area (Å²) in [7, 11) is 0. The molecule has 1 aromatic rings. The van der Waals surface area contributed by atoms with Crippen LogP contribution in [0.3, 0.4) is 0 Å². The Balaban J connectivity index is 1.97. The first kappa shape index (κ1) is 14.4. The fraction of sp³-hybridized carbons (Fsp3) is 0.625. The minimum atomic E-state index is -2.05. The van der Waals surface area contributed by atoms with E-state index in [1.54, 1.807) is 0 Å². The van der Waals surface area contributed by atoms with Gasteiger partial charge in [-0.2, -0.15) is 0 Å². The van der Waals surface area contributed by atoms with E-state index in [4.69, 9.17) is 4.74 Å². The standard InChI is InChI=1S/C16H24O3/c1-2-12-16(17,18)19-15-10-8-14(9-11-15)13-6-4-3-5-7-13/h8-11,13,17-18H,2-7,12H2,1H3. The Hall–Kier alpha value is -1.06. The van der Waals surface area contributed by atoms with Gasteiger partial charge in [0, 0.05) is 6.42 Å². The van der Waals surface area contributed by atoms with Crippen molar-refractivity contribution in [3.8, 4) is 5.75 Å². The summed E-state index contributed by atoms with van der Waals surface area (Å²) in [6.45, 7) is 1.89. The Kier molecular flexibility index (Phi) is 4.83. The van der Waals surface area contributed by atoms with Crippen LogP contribution in [0.4, 0.5) is 0 Å². The van der Waals surface area contributed by atoms with E-state index in [1.165, 1.54) is 37.7 Å². The quantitative estimate of drug-likeness (QED) is 0.800. The van der Waals surface area contributed by atoms with E-state index >= 15 is 0 Å². The first-order chi connectivity index (χ1) is 9.11. The van der Waals surface area contributed by atoms with Crippen molar-refractivity contribution < 1.29 is 14.9 Å². The molecule has 2 rings (SSSR count). The molecule has 19 heavy (non-hydrogen) atoms. The van der Waals surface area contributed by atoms with E-state index in [1.807, 2.05) is 31.2 Å². The summed E-state index contributed by atoms with van der Waals surface area (Å²) in [5, 5.41) is 19.2. The maximum atomic E-state index is 9.62. The molecule has 0 aromatic heterocycles. The van der Waals surface area contributed by atoms with Crippen LogP contribution in [0.15, 0.2) is 24.3 Å². The van der Waals surface area contributed by atoms with Crippen LogP contribution in [0.25, 0.3) is 0 Å². The van der Waals surface area contributed by atoms with E-state index in [0.29, 0.717) is 18.1 Å². The molecule has 1 aromatic carbocycles. The summed E-state index contributed by atoms with van der Waals surface area (Å²) in [5.74, 6) is -0.884.